The van der Waals surface area contributed by atoms with Gasteiger partial charge in [-0.2, -0.15) is 0 Å². The van der Waals surface area contributed by atoms with E-state index in [1.165, 1.54) is 26.5 Å². The van der Waals surface area contributed by atoms with E-state index in [4.69, 9.17) is 0 Å². The van der Waals surface area contributed by atoms with Crippen molar-refractivity contribution in [2.75, 3.05) is 6.16 Å². The van der Waals surface area contributed by atoms with Gasteiger partial charge in [-0.3, -0.25) is 13.9 Å². The summed E-state index contributed by atoms with van der Waals surface area (Å²) in [5, 5.41) is 4.20. The summed E-state index contributed by atoms with van der Waals surface area (Å²) in [6.45, 7) is 2.46. The molecule has 0 saturated heterocycles. The molecule has 0 amide bonds. The molecule has 1 aromatic heterocycles. The topological polar surface area (TPSA) is 44.0 Å². The molecule has 4 aromatic rings. The van der Waals surface area contributed by atoms with Crippen LogP contribution in [0.25, 0.3) is 0 Å². The normalized spacial score (nSPS) is 11.5. The highest BCUT2D eigenvalue weighted by molar-refractivity contribution is 7.95. The number of benzene rings is 3. The fourth-order valence-corrected chi connectivity index (χ4v) is 9.14. The lowest BCUT2D eigenvalue weighted by Gasteiger charge is -2.27. The van der Waals surface area contributed by atoms with E-state index >= 15 is 0 Å². The molecular formula is C29H32N2O2P+. The predicted octanol–water partition coefficient (Wildman–Crippen LogP) is 4.02. The standard InChI is InChI=1S/C29H32N2O2P/c1-24-23-28(32)30(2)29(33)31(24)21-13-6-14-22-34(25-15-7-3-8-16-25,26-17-9-4-10-18-26)27-19-11-5-12-20-27/h3-5,7-12,15-20,23H,6,13-14,21-22H2,1-2H3/q+1. The van der Waals surface area contributed by atoms with Crippen LogP contribution in [0.15, 0.2) is 107 Å². The van der Waals surface area contributed by atoms with Crippen LogP contribution >= 0.6 is 7.26 Å². The summed E-state index contributed by atoms with van der Waals surface area (Å²) in [6, 6.07) is 34.3. The molecular weight excluding hydrogens is 439 g/mol. The van der Waals surface area contributed by atoms with Crippen LogP contribution in [0.5, 0.6) is 0 Å². The summed E-state index contributed by atoms with van der Waals surface area (Å²) in [5.41, 5.74) is 0.249. The highest BCUT2D eigenvalue weighted by Crippen LogP contribution is 2.55. The maximum absolute atomic E-state index is 12.5. The van der Waals surface area contributed by atoms with Crippen molar-refractivity contribution >= 4 is 23.2 Å². The molecule has 1 heterocycles. The van der Waals surface area contributed by atoms with Gasteiger partial charge in [0.1, 0.15) is 23.2 Å². The number of aromatic nitrogens is 2. The third kappa shape index (κ3) is 4.83. The van der Waals surface area contributed by atoms with Crippen molar-refractivity contribution in [2.24, 2.45) is 7.05 Å². The van der Waals surface area contributed by atoms with Crippen LogP contribution in [-0.2, 0) is 13.6 Å². The maximum atomic E-state index is 12.5. The summed E-state index contributed by atoms with van der Waals surface area (Å²) in [4.78, 5) is 24.4. The third-order valence-corrected chi connectivity index (χ3v) is 11.1. The van der Waals surface area contributed by atoms with Gasteiger partial charge in [-0.15, -0.1) is 0 Å². The molecule has 5 heteroatoms. The summed E-state index contributed by atoms with van der Waals surface area (Å²) in [5.74, 6) is 0. The summed E-state index contributed by atoms with van der Waals surface area (Å²) >= 11 is 0. The molecule has 34 heavy (non-hydrogen) atoms. The Kier molecular flexibility index (Phi) is 7.59. The Morgan fingerprint density at radius 1 is 0.676 bits per heavy atom. The van der Waals surface area contributed by atoms with E-state index in [2.05, 4.69) is 91.0 Å². The van der Waals surface area contributed by atoms with Crippen LogP contribution < -0.4 is 27.2 Å². The maximum Gasteiger partial charge on any atom is 0.330 e. The van der Waals surface area contributed by atoms with Crippen LogP contribution in [0, 0.1) is 6.92 Å². The second kappa shape index (κ2) is 10.8. The minimum Gasteiger partial charge on any atom is -0.298 e. The number of unbranched alkanes of at least 4 members (excludes halogenated alkanes) is 2. The minimum absolute atomic E-state index is 0.232. The second-order valence-electron chi connectivity index (χ2n) is 8.72. The zero-order chi connectivity index (χ0) is 24.0. The van der Waals surface area contributed by atoms with Crippen LogP contribution in [0.2, 0.25) is 0 Å². The van der Waals surface area contributed by atoms with Gasteiger partial charge in [-0.25, -0.2) is 4.79 Å². The molecule has 0 aliphatic heterocycles. The summed E-state index contributed by atoms with van der Waals surface area (Å²) in [6.07, 6.45) is 4.05. The van der Waals surface area contributed by atoms with Crippen LogP contribution in [0.4, 0.5) is 0 Å². The Morgan fingerprint density at radius 2 is 1.15 bits per heavy atom. The Labute approximate surface area is 201 Å². The van der Waals surface area contributed by atoms with Crippen LogP contribution in [0.3, 0.4) is 0 Å². The molecule has 4 nitrogen and oxygen atoms in total. The average Bonchev–Trinajstić information content (AvgIpc) is 2.88. The first-order chi connectivity index (χ1) is 16.5. The molecule has 0 N–H and O–H groups in total. The van der Waals surface area contributed by atoms with Crippen molar-refractivity contribution in [1.82, 2.24) is 9.13 Å². The van der Waals surface area contributed by atoms with Crippen molar-refractivity contribution in [3.63, 3.8) is 0 Å². The Hall–Kier alpha value is -3.23. The van der Waals surface area contributed by atoms with E-state index in [1.807, 2.05) is 6.92 Å². The molecule has 0 bridgehead atoms. The van der Waals surface area contributed by atoms with Gasteiger partial charge in [0.2, 0.25) is 0 Å². The molecule has 0 atom stereocenters. The monoisotopic (exact) mass is 471 g/mol. The van der Waals surface area contributed by atoms with Crippen molar-refractivity contribution in [3.8, 4) is 0 Å². The van der Waals surface area contributed by atoms with Crippen molar-refractivity contribution in [1.29, 1.82) is 0 Å². The molecule has 0 aliphatic carbocycles. The van der Waals surface area contributed by atoms with Crippen molar-refractivity contribution in [2.45, 2.75) is 32.7 Å². The fourth-order valence-electron chi connectivity index (χ4n) is 4.73. The van der Waals surface area contributed by atoms with Gasteiger partial charge in [0, 0.05) is 25.4 Å². The smallest absolute Gasteiger partial charge is 0.298 e. The lowest BCUT2D eigenvalue weighted by molar-refractivity contribution is 0.539. The Bertz CT molecular complexity index is 1230. The van der Waals surface area contributed by atoms with Gasteiger partial charge in [-0.05, 0) is 62.6 Å². The number of rotatable bonds is 9. The molecule has 0 spiro atoms. The van der Waals surface area contributed by atoms with Crippen molar-refractivity contribution in [3.05, 3.63) is 124 Å². The van der Waals surface area contributed by atoms with E-state index in [0.29, 0.717) is 6.54 Å². The zero-order valence-corrected chi connectivity index (χ0v) is 20.8. The molecule has 3 aromatic carbocycles. The Morgan fingerprint density at radius 3 is 1.62 bits per heavy atom. The van der Waals surface area contributed by atoms with Crippen molar-refractivity contribution < 1.29 is 0 Å². The fraction of sp³-hybridized carbons (Fsp3) is 0.241. The molecule has 0 fully saturated rings. The number of hydrogen-bond acceptors (Lipinski definition) is 2. The average molecular weight is 472 g/mol. The molecule has 0 aliphatic rings. The van der Waals surface area contributed by atoms with E-state index < -0.39 is 7.26 Å². The highest BCUT2D eigenvalue weighted by Gasteiger charge is 2.44. The second-order valence-corrected chi connectivity index (χ2v) is 12.3. The van der Waals surface area contributed by atoms with Crippen LogP contribution in [-0.4, -0.2) is 15.3 Å². The van der Waals surface area contributed by atoms with Gasteiger partial charge in [0.15, 0.2) is 0 Å². The van der Waals surface area contributed by atoms with Gasteiger partial charge >= 0.3 is 5.69 Å². The number of hydrogen-bond donors (Lipinski definition) is 0. The molecule has 174 valence electrons. The predicted molar refractivity (Wildman–Crippen MR) is 145 cm³/mol. The van der Waals surface area contributed by atoms with E-state index in [0.717, 1.165) is 31.1 Å². The first-order valence-corrected chi connectivity index (χ1v) is 13.8. The molecule has 0 radical (unpaired) electrons. The number of nitrogens with zero attached hydrogens (tertiary/aromatic N) is 2. The Balaban J connectivity index is 1.60. The largest absolute Gasteiger partial charge is 0.330 e. The summed E-state index contributed by atoms with van der Waals surface area (Å²) < 4.78 is 2.90. The zero-order valence-electron chi connectivity index (χ0n) is 19.9. The minimum atomic E-state index is -1.81. The quantitative estimate of drug-likeness (QED) is 0.273. The summed E-state index contributed by atoms with van der Waals surface area (Å²) in [7, 11) is -0.272. The highest BCUT2D eigenvalue weighted by atomic mass is 31.2. The van der Waals surface area contributed by atoms with Gasteiger partial charge in [0.05, 0.1) is 6.16 Å². The lowest BCUT2D eigenvalue weighted by atomic mass is 10.2. The lowest BCUT2D eigenvalue weighted by Crippen LogP contribution is -2.38. The van der Waals surface area contributed by atoms with Gasteiger partial charge in [-0.1, -0.05) is 54.6 Å². The van der Waals surface area contributed by atoms with Crippen LogP contribution in [0.1, 0.15) is 25.0 Å². The van der Waals surface area contributed by atoms with E-state index in [-0.39, 0.29) is 11.2 Å². The third-order valence-electron chi connectivity index (χ3n) is 6.57. The SMILES string of the molecule is Cc1cc(=O)n(C)c(=O)n1CCCCC[P+](c1ccccc1)(c1ccccc1)c1ccccc1. The molecule has 0 unspecified atom stereocenters. The van der Waals surface area contributed by atoms with Gasteiger partial charge in [0.25, 0.3) is 5.56 Å². The van der Waals surface area contributed by atoms with E-state index in [9.17, 15) is 9.59 Å². The first-order valence-electron chi connectivity index (χ1n) is 11.9. The molecule has 4 rings (SSSR count). The number of aryl methyl sites for hydroxylation is 1. The van der Waals surface area contributed by atoms with E-state index in [1.54, 1.807) is 11.6 Å². The van der Waals surface area contributed by atoms with Gasteiger partial charge < -0.3 is 0 Å². The first kappa shape index (κ1) is 23.9. The molecule has 0 saturated carbocycles.